The molecule has 3 rings (SSSR count). The lowest BCUT2D eigenvalue weighted by Crippen LogP contribution is -2.46. The molecule has 48 heavy (non-hydrogen) atoms. The summed E-state index contributed by atoms with van der Waals surface area (Å²) in [7, 11) is 0. The van der Waals surface area contributed by atoms with E-state index >= 15 is 0 Å². The minimum Gasteiger partial charge on any atom is -0.461 e. The van der Waals surface area contributed by atoms with E-state index in [1.807, 2.05) is 54.6 Å². The van der Waals surface area contributed by atoms with Crippen LogP contribution in [0, 0.1) is 17.8 Å². The quantitative estimate of drug-likeness (QED) is 0.0958. The number of benzene rings is 2. The number of carbonyl (C=O) groups excluding carboxylic acids is 5. The highest BCUT2D eigenvalue weighted by atomic mass is 16.6. The topological polar surface area (TPSA) is 141 Å². The normalized spacial score (nSPS) is 13.3. The van der Waals surface area contributed by atoms with Crippen LogP contribution in [0.3, 0.4) is 0 Å². The van der Waals surface area contributed by atoms with Crippen LogP contribution < -0.4 is 5.32 Å². The zero-order chi connectivity index (χ0) is 35.3. The molecule has 0 aliphatic carbocycles. The average Bonchev–Trinajstić information content (AvgIpc) is 3.45. The van der Waals surface area contributed by atoms with Crippen LogP contribution in [0.4, 0.5) is 0 Å². The second-order valence-electron chi connectivity index (χ2n) is 13.2. The molecule has 1 aromatic heterocycles. The first-order valence-corrected chi connectivity index (χ1v) is 16.3. The van der Waals surface area contributed by atoms with Gasteiger partial charge >= 0.3 is 17.9 Å². The summed E-state index contributed by atoms with van der Waals surface area (Å²) in [5.74, 6) is -4.53. The van der Waals surface area contributed by atoms with Crippen LogP contribution in [0.15, 0.2) is 73.4 Å². The molecule has 0 unspecified atom stereocenters. The predicted octanol–water partition coefficient (Wildman–Crippen LogP) is 6.03. The molecule has 3 atom stereocenters. The Balaban J connectivity index is 1.85. The van der Waals surface area contributed by atoms with E-state index in [2.05, 4.69) is 16.9 Å². The molecule has 0 saturated carbocycles. The van der Waals surface area contributed by atoms with E-state index in [1.165, 1.54) is 6.08 Å². The number of para-hydroxylation sites is 1. The standard InChI is InChI=1S/C38H48N2O8/c1-7-19-46-37(45)30(25(2)3)22-33(41)32(17-18-34(42)48-38(4,5)6)40-36(44)27(20-28-23-39-31-16-12-11-15-29(28)31)21-35(43)47-24-26-13-9-8-10-14-26/h7-16,23,25,27,30,32,39H,1,17-22,24H2,2-6H3,(H,40,44)/t27-,30+,32+/m1/s1. The third-order valence-corrected chi connectivity index (χ3v) is 7.80. The van der Waals surface area contributed by atoms with E-state index in [0.717, 1.165) is 22.0 Å². The predicted molar refractivity (Wildman–Crippen MR) is 182 cm³/mol. The molecule has 2 N–H and O–H groups in total. The molecule has 258 valence electrons. The van der Waals surface area contributed by atoms with Gasteiger partial charge in [-0.25, -0.2) is 0 Å². The van der Waals surface area contributed by atoms with Crippen LogP contribution in [0.5, 0.6) is 0 Å². The number of aromatic nitrogens is 1. The highest BCUT2D eigenvalue weighted by Crippen LogP contribution is 2.24. The number of amides is 1. The zero-order valence-corrected chi connectivity index (χ0v) is 28.6. The van der Waals surface area contributed by atoms with Crippen LogP contribution in [-0.2, 0) is 51.2 Å². The number of hydrogen-bond acceptors (Lipinski definition) is 8. The van der Waals surface area contributed by atoms with Gasteiger partial charge in [0, 0.05) is 29.9 Å². The van der Waals surface area contributed by atoms with Gasteiger partial charge in [0.15, 0.2) is 5.78 Å². The summed E-state index contributed by atoms with van der Waals surface area (Å²) in [6, 6.07) is 15.7. The van der Waals surface area contributed by atoms with Crippen molar-refractivity contribution >= 4 is 40.5 Å². The Morgan fingerprint density at radius 3 is 2.27 bits per heavy atom. The Labute approximate surface area is 282 Å². The maximum absolute atomic E-state index is 14.0. The number of esters is 3. The molecule has 1 amide bonds. The summed E-state index contributed by atoms with van der Waals surface area (Å²) in [6.45, 7) is 12.4. The van der Waals surface area contributed by atoms with Crippen molar-refractivity contribution in [1.82, 2.24) is 10.3 Å². The third kappa shape index (κ3) is 12.1. The van der Waals surface area contributed by atoms with Gasteiger partial charge in [0.05, 0.1) is 24.3 Å². The monoisotopic (exact) mass is 660 g/mol. The highest BCUT2D eigenvalue weighted by molar-refractivity contribution is 5.93. The van der Waals surface area contributed by atoms with Gasteiger partial charge in [-0.05, 0) is 56.7 Å². The van der Waals surface area contributed by atoms with Gasteiger partial charge in [0.25, 0.3) is 0 Å². The number of ketones is 1. The second-order valence-corrected chi connectivity index (χ2v) is 13.2. The summed E-state index contributed by atoms with van der Waals surface area (Å²) >= 11 is 0. The minimum absolute atomic E-state index is 0.00490. The van der Waals surface area contributed by atoms with E-state index in [4.69, 9.17) is 14.2 Å². The summed E-state index contributed by atoms with van der Waals surface area (Å²) < 4.78 is 16.2. The van der Waals surface area contributed by atoms with Gasteiger partial charge in [-0.1, -0.05) is 75.0 Å². The van der Waals surface area contributed by atoms with Crippen molar-refractivity contribution < 1.29 is 38.2 Å². The lowest BCUT2D eigenvalue weighted by atomic mass is 9.87. The van der Waals surface area contributed by atoms with E-state index in [9.17, 15) is 24.0 Å². The maximum Gasteiger partial charge on any atom is 0.309 e. The highest BCUT2D eigenvalue weighted by Gasteiger charge is 2.33. The van der Waals surface area contributed by atoms with Crippen molar-refractivity contribution in [2.75, 3.05) is 6.61 Å². The fourth-order valence-electron chi connectivity index (χ4n) is 5.28. The fourth-order valence-corrected chi connectivity index (χ4v) is 5.28. The Hall–Kier alpha value is -4.73. The number of fused-ring (bicyclic) bond motifs is 1. The number of Topliss-reactive ketones (excluding diaryl/α,β-unsaturated/α-hetero) is 1. The van der Waals surface area contributed by atoms with Gasteiger partial charge in [-0.2, -0.15) is 0 Å². The number of nitrogens with one attached hydrogen (secondary N) is 2. The Kier molecular flexibility index (Phi) is 14.1. The summed E-state index contributed by atoms with van der Waals surface area (Å²) in [4.78, 5) is 69.5. The summed E-state index contributed by atoms with van der Waals surface area (Å²) in [6.07, 6.45) is 2.78. The molecule has 0 spiro atoms. The number of hydrogen-bond donors (Lipinski definition) is 2. The number of carbonyl (C=O) groups is 5. The number of H-pyrrole nitrogens is 1. The molecule has 0 radical (unpaired) electrons. The number of ether oxygens (including phenoxy) is 3. The third-order valence-electron chi connectivity index (χ3n) is 7.80. The van der Waals surface area contributed by atoms with Gasteiger partial charge in [0.2, 0.25) is 5.91 Å². The smallest absolute Gasteiger partial charge is 0.309 e. The SMILES string of the molecule is C=CCOC(=O)[C@@H](CC(=O)[C@H](CCC(=O)OC(C)(C)C)NC(=O)[C@@H](CC(=O)OCc1ccccc1)Cc1c[nH]c2ccccc12)C(C)C. The van der Waals surface area contributed by atoms with Crippen molar-refractivity contribution in [2.45, 2.75) is 85.0 Å². The Morgan fingerprint density at radius 2 is 1.60 bits per heavy atom. The lowest BCUT2D eigenvalue weighted by Gasteiger charge is -2.25. The molecular formula is C38H48N2O8. The summed E-state index contributed by atoms with van der Waals surface area (Å²) in [5, 5.41) is 3.72. The molecule has 10 heteroatoms. The molecule has 1 heterocycles. The second kappa shape index (κ2) is 18.0. The number of rotatable bonds is 18. The largest absolute Gasteiger partial charge is 0.461 e. The van der Waals surface area contributed by atoms with Crippen LogP contribution in [0.25, 0.3) is 10.9 Å². The zero-order valence-electron chi connectivity index (χ0n) is 28.6. The molecular weight excluding hydrogens is 612 g/mol. The van der Waals surface area contributed by atoms with Gasteiger partial charge in [-0.15, -0.1) is 0 Å². The van der Waals surface area contributed by atoms with Gasteiger partial charge in [-0.3, -0.25) is 24.0 Å². The van der Waals surface area contributed by atoms with Crippen LogP contribution in [0.2, 0.25) is 0 Å². The van der Waals surface area contributed by atoms with Gasteiger partial charge in [0.1, 0.15) is 18.8 Å². The Bertz CT molecular complexity index is 1550. The first kappa shape index (κ1) is 37.7. The van der Waals surface area contributed by atoms with Crippen LogP contribution >= 0.6 is 0 Å². The van der Waals surface area contributed by atoms with Crippen LogP contribution in [-0.4, -0.2) is 52.8 Å². The summed E-state index contributed by atoms with van der Waals surface area (Å²) in [5.41, 5.74) is 1.78. The van der Waals surface area contributed by atoms with Crippen LogP contribution in [0.1, 0.15) is 71.4 Å². The molecule has 0 aliphatic heterocycles. The molecule has 2 aromatic carbocycles. The number of aromatic amines is 1. The fraction of sp³-hybridized carbons (Fsp3) is 0.447. The molecule has 0 fully saturated rings. The van der Waals surface area contributed by atoms with Crippen molar-refractivity contribution in [3.05, 3.63) is 84.6 Å². The minimum atomic E-state index is -1.12. The van der Waals surface area contributed by atoms with Crippen molar-refractivity contribution in [3.8, 4) is 0 Å². The average molecular weight is 661 g/mol. The van der Waals surface area contributed by atoms with Gasteiger partial charge < -0.3 is 24.5 Å². The van der Waals surface area contributed by atoms with Crippen molar-refractivity contribution in [2.24, 2.45) is 17.8 Å². The molecule has 0 aliphatic rings. The van der Waals surface area contributed by atoms with E-state index in [0.29, 0.717) is 0 Å². The molecule has 0 bridgehead atoms. The lowest BCUT2D eigenvalue weighted by molar-refractivity contribution is -0.155. The van der Waals surface area contributed by atoms with E-state index in [1.54, 1.807) is 40.8 Å². The van der Waals surface area contributed by atoms with E-state index in [-0.39, 0.29) is 51.2 Å². The Morgan fingerprint density at radius 1 is 0.917 bits per heavy atom. The first-order chi connectivity index (χ1) is 22.8. The van der Waals surface area contributed by atoms with Crippen molar-refractivity contribution in [1.29, 1.82) is 0 Å². The maximum atomic E-state index is 14.0. The molecule has 0 saturated heterocycles. The van der Waals surface area contributed by atoms with Crippen molar-refractivity contribution in [3.63, 3.8) is 0 Å². The van der Waals surface area contributed by atoms with E-state index < -0.39 is 53.1 Å². The molecule has 10 nitrogen and oxygen atoms in total. The first-order valence-electron chi connectivity index (χ1n) is 16.3. The molecule has 3 aromatic rings.